The van der Waals surface area contributed by atoms with Crippen molar-refractivity contribution in [1.82, 2.24) is 5.32 Å². The van der Waals surface area contributed by atoms with Crippen molar-refractivity contribution in [2.75, 3.05) is 13.7 Å². The number of carbonyl (C=O) groups excluding carboxylic acids is 1. The Bertz CT molecular complexity index is 455. The van der Waals surface area contributed by atoms with Crippen molar-refractivity contribution in [3.63, 3.8) is 0 Å². The van der Waals surface area contributed by atoms with E-state index >= 15 is 0 Å². The minimum Gasteiger partial charge on any atom is -0.384 e. The summed E-state index contributed by atoms with van der Waals surface area (Å²) in [5.41, 5.74) is 1.30. The number of benzene rings is 1. The fraction of sp³-hybridized carbons (Fsp3) is 0.562. The Balaban J connectivity index is 1.83. The summed E-state index contributed by atoms with van der Waals surface area (Å²) in [6.45, 7) is 0.688. The van der Waals surface area contributed by atoms with Gasteiger partial charge in [0.25, 0.3) is 0 Å². The lowest BCUT2D eigenvalue weighted by molar-refractivity contribution is -0.120. The van der Waals surface area contributed by atoms with Crippen LogP contribution < -0.4 is 5.32 Å². The van der Waals surface area contributed by atoms with Gasteiger partial charge in [0.1, 0.15) is 0 Å². The fourth-order valence-electron chi connectivity index (χ4n) is 3.54. The lowest BCUT2D eigenvalue weighted by Crippen LogP contribution is -2.43. The lowest BCUT2D eigenvalue weighted by Gasteiger charge is -2.34. The lowest BCUT2D eigenvalue weighted by atomic mass is 9.74. The third kappa shape index (κ3) is 2.39. The van der Waals surface area contributed by atoms with Gasteiger partial charge in [0.2, 0.25) is 5.91 Å². The first kappa shape index (κ1) is 12.7. The van der Waals surface area contributed by atoms with Crippen molar-refractivity contribution < 1.29 is 9.53 Å². The second kappa shape index (κ2) is 4.97. The third-order valence-electron chi connectivity index (χ3n) is 4.61. The first-order chi connectivity index (χ1) is 9.24. The van der Waals surface area contributed by atoms with Crippen LogP contribution in [-0.2, 0) is 16.0 Å². The topological polar surface area (TPSA) is 38.3 Å². The highest BCUT2D eigenvalue weighted by Crippen LogP contribution is 2.52. The zero-order valence-electron chi connectivity index (χ0n) is 11.4. The van der Waals surface area contributed by atoms with E-state index in [1.165, 1.54) is 18.4 Å². The van der Waals surface area contributed by atoms with Crippen LogP contribution in [0.15, 0.2) is 30.3 Å². The SMILES string of the molecule is COCC1(C2CC2)CC(=O)NC1Cc1ccccc1. The fourth-order valence-corrected chi connectivity index (χ4v) is 3.54. The molecule has 0 bridgehead atoms. The number of rotatable bonds is 5. The molecule has 0 radical (unpaired) electrons. The van der Waals surface area contributed by atoms with E-state index in [1.807, 2.05) is 6.07 Å². The Labute approximate surface area is 114 Å². The maximum Gasteiger partial charge on any atom is 0.220 e. The van der Waals surface area contributed by atoms with Crippen LogP contribution in [-0.4, -0.2) is 25.7 Å². The van der Waals surface area contributed by atoms with E-state index < -0.39 is 0 Å². The number of nitrogens with one attached hydrogen (secondary N) is 1. The highest BCUT2D eigenvalue weighted by Gasteiger charge is 2.55. The van der Waals surface area contributed by atoms with Gasteiger partial charge in [-0.3, -0.25) is 4.79 Å². The number of carbonyl (C=O) groups is 1. The molecule has 1 heterocycles. The number of hydrogen-bond acceptors (Lipinski definition) is 2. The molecule has 0 spiro atoms. The molecule has 1 N–H and O–H groups in total. The van der Waals surface area contributed by atoms with Crippen LogP contribution in [0.1, 0.15) is 24.8 Å². The molecule has 1 saturated heterocycles. The van der Waals surface area contributed by atoms with E-state index in [2.05, 4.69) is 29.6 Å². The van der Waals surface area contributed by atoms with E-state index in [0.29, 0.717) is 18.9 Å². The van der Waals surface area contributed by atoms with Crippen molar-refractivity contribution in [2.24, 2.45) is 11.3 Å². The van der Waals surface area contributed by atoms with Crippen LogP contribution in [0.2, 0.25) is 0 Å². The van der Waals surface area contributed by atoms with E-state index in [-0.39, 0.29) is 17.4 Å². The monoisotopic (exact) mass is 259 g/mol. The smallest absolute Gasteiger partial charge is 0.220 e. The maximum atomic E-state index is 11.9. The summed E-state index contributed by atoms with van der Waals surface area (Å²) in [6.07, 6.45) is 4.02. The van der Waals surface area contributed by atoms with Crippen LogP contribution in [0.4, 0.5) is 0 Å². The molecule has 19 heavy (non-hydrogen) atoms. The largest absolute Gasteiger partial charge is 0.384 e. The summed E-state index contributed by atoms with van der Waals surface area (Å²) in [7, 11) is 1.74. The van der Waals surface area contributed by atoms with E-state index in [9.17, 15) is 4.79 Å². The average molecular weight is 259 g/mol. The Hall–Kier alpha value is -1.35. The molecule has 1 aliphatic heterocycles. The highest BCUT2D eigenvalue weighted by molar-refractivity contribution is 5.80. The summed E-state index contributed by atoms with van der Waals surface area (Å²) in [5.74, 6) is 0.838. The van der Waals surface area contributed by atoms with Gasteiger partial charge in [-0.1, -0.05) is 30.3 Å². The van der Waals surface area contributed by atoms with Crippen LogP contribution in [0.5, 0.6) is 0 Å². The molecule has 3 heteroatoms. The molecular weight excluding hydrogens is 238 g/mol. The van der Waals surface area contributed by atoms with Gasteiger partial charge < -0.3 is 10.1 Å². The van der Waals surface area contributed by atoms with Crippen molar-refractivity contribution in [3.05, 3.63) is 35.9 Å². The Kier molecular flexibility index (Phi) is 3.31. The van der Waals surface area contributed by atoms with Gasteiger partial charge in [-0.05, 0) is 30.7 Å². The second-order valence-electron chi connectivity index (χ2n) is 5.93. The molecule has 1 saturated carbocycles. The molecule has 2 unspecified atom stereocenters. The zero-order valence-corrected chi connectivity index (χ0v) is 11.4. The second-order valence-corrected chi connectivity index (χ2v) is 5.93. The molecule has 2 fully saturated rings. The summed E-state index contributed by atoms with van der Waals surface area (Å²) in [6, 6.07) is 10.6. The van der Waals surface area contributed by atoms with Crippen molar-refractivity contribution >= 4 is 5.91 Å². The predicted octanol–water partition coefficient (Wildman–Crippen LogP) is 2.16. The molecule has 1 aliphatic carbocycles. The molecule has 3 rings (SSSR count). The average Bonchev–Trinajstić information content (AvgIpc) is 3.19. The van der Waals surface area contributed by atoms with Gasteiger partial charge in [-0.25, -0.2) is 0 Å². The molecule has 0 aromatic heterocycles. The Morgan fingerprint density at radius 2 is 2.05 bits per heavy atom. The highest BCUT2D eigenvalue weighted by atomic mass is 16.5. The van der Waals surface area contributed by atoms with Crippen LogP contribution in [0, 0.1) is 11.3 Å². The molecule has 2 atom stereocenters. The summed E-state index contributed by atoms with van der Waals surface area (Å²) in [5, 5.41) is 3.18. The normalized spacial score (nSPS) is 30.4. The summed E-state index contributed by atoms with van der Waals surface area (Å²) in [4.78, 5) is 11.9. The number of ether oxygens (including phenoxy) is 1. The van der Waals surface area contributed by atoms with Crippen molar-refractivity contribution in [1.29, 1.82) is 0 Å². The molecule has 3 nitrogen and oxygen atoms in total. The van der Waals surface area contributed by atoms with Crippen LogP contribution in [0.3, 0.4) is 0 Å². The van der Waals surface area contributed by atoms with E-state index in [0.717, 1.165) is 6.42 Å². The minimum atomic E-state index is 0.0156. The predicted molar refractivity (Wildman–Crippen MR) is 73.7 cm³/mol. The quantitative estimate of drug-likeness (QED) is 0.880. The van der Waals surface area contributed by atoms with E-state index in [1.54, 1.807) is 7.11 Å². The molecular formula is C16H21NO2. The Morgan fingerprint density at radius 1 is 1.32 bits per heavy atom. The first-order valence-corrected chi connectivity index (χ1v) is 7.07. The molecule has 2 aliphatic rings. The van der Waals surface area contributed by atoms with Crippen molar-refractivity contribution in [3.8, 4) is 0 Å². The molecule has 1 amide bonds. The van der Waals surface area contributed by atoms with Gasteiger partial charge in [-0.15, -0.1) is 0 Å². The number of amides is 1. The molecule has 1 aromatic rings. The Morgan fingerprint density at radius 3 is 2.68 bits per heavy atom. The van der Waals surface area contributed by atoms with Gasteiger partial charge in [0.15, 0.2) is 0 Å². The van der Waals surface area contributed by atoms with E-state index in [4.69, 9.17) is 4.74 Å². The number of methoxy groups -OCH3 is 1. The summed E-state index contributed by atoms with van der Waals surface area (Å²) >= 11 is 0. The van der Waals surface area contributed by atoms with Gasteiger partial charge in [0.05, 0.1) is 6.61 Å². The first-order valence-electron chi connectivity index (χ1n) is 7.07. The van der Waals surface area contributed by atoms with Crippen LogP contribution >= 0.6 is 0 Å². The maximum absolute atomic E-state index is 11.9. The van der Waals surface area contributed by atoms with Gasteiger partial charge in [-0.2, -0.15) is 0 Å². The summed E-state index contributed by atoms with van der Waals surface area (Å²) < 4.78 is 5.45. The van der Waals surface area contributed by atoms with Gasteiger partial charge in [0, 0.05) is 25.0 Å². The molecule has 102 valence electrons. The zero-order chi connectivity index (χ0) is 13.3. The number of hydrogen-bond donors (Lipinski definition) is 1. The molecule has 1 aromatic carbocycles. The van der Waals surface area contributed by atoms with Gasteiger partial charge >= 0.3 is 0 Å². The minimum absolute atomic E-state index is 0.0156. The van der Waals surface area contributed by atoms with Crippen molar-refractivity contribution in [2.45, 2.75) is 31.7 Å². The van der Waals surface area contributed by atoms with Crippen LogP contribution in [0.25, 0.3) is 0 Å². The third-order valence-corrected chi connectivity index (χ3v) is 4.61. The standard InChI is InChI=1S/C16H21NO2/c1-19-11-16(13-7-8-13)10-15(18)17-14(16)9-12-5-3-2-4-6-12/h2-6,13-14H,7-11H2,1H3,(H,17,18).